The number of amides is 1. The van der Waals surface area contributed by atoms with Gasteiger partial charge in [0.25, 0.3) is 5.91 Å². The molecule has 0 spiro atoms. The van der Waals surface area contributed by atoms with Gasteiger partial charge in [0.15, 0.2) is 11.6 Å². The van der Waals surface area contributed by atoms with E-state index in [9.17, 15) is 35.9 Å². The molecule has 1 aliphatic rings. The van der Waals surface area contributed by atoms with E-state index in [1.165, 1.54) is 0 Å². The zero-order chi connectivity index (χ0) is 22.1. The summed E-state index contributed by atoms with van der Waals surface area (Å²) >= 11 is 0. The number of hydrogen-bond acceptors (Lipinski definition) is 4. The van der Waals surface area contributed by atoms with Crippen LogP contribution in [0.25, 0.3) is 0 Å². The first-order valence-electron chi connectivity index (χ1n) is 8.98. The number of nitrogens with one attached hydrogen (secondary N) is 1. The maximum Gasteiger partial charge on any atom is 0.255 e. The van der Waals surface area contributed by atoms with Gasteiger partial charge in [-0.25, -0.2) is 26.0 Å². The topological polar surface area (TPSA) is 86.7 Å². The lowest BCUT2D eigenvalue weighted by atomic mass is 10.1. The molecular weight excluding hydrogens is 428 g/mol. The van der Waals surface area contributed by atoms with Gasteiger partial charge >= 0.3 is 0 Å². The van der Waals surface area contributed by atoms with E-state index in [1.807, 2.05) is 0 Å². The number of aliphatic hydroxyl groups excluding tert-OH is 1. The molecule has 30 heavy (non-hydrogen) atoms. The molecule has 1 amide bonds. The number of halogens is 4. The van der Waals surface area contributed by atoms with Crippen LogP contribution in [0.5, 0.6) is 0 Å². The third kappa shape index (κ3) is 4.63. The van der Waals surface area contributed by atoms with Crippen molar-refractivity contribution < 1.29 is 35.9 Å². The van der Waals surface area contributed by atoms with E-state index >= 15 is 0 Å². The molecule has 11 heteroatoms. The van der Waals surface area contributed by atoms with Crippen molar-refractivity contribution in [3.05, 3.63) is 59.4 Å². The van der Waals surface area contributed by atoms with Gasteiger partial charge in [-0.15, -0.1) is 0 Å². The molecule has 1 unspecified atom stereocenters. The third-order valence-electron chi connectivity index (χ3n) is 4.68. The van der Waals surface area contributed by atoms with Gasteiger partial charge in [0, 0.05) is 30.4 Å². The quantitative estimate of drug-likeness (QED) is 0.708. The minimum atomic E-state index is -4.47. The first-order chi connectivity index (χ1) is 14.1. The second-order valence-electron chi connectivity index (χ2n) is 6.82. The van der Waals surface area contributed by atoms with Crippen molar-refractivity contribution in [3.8, 4) is 0 Å². The maximum absolute atomic E-state index is 14.3. The van der Waals surface area contributed by atoms with E-state index in [1.54, 1.807) is 0 Å². The average molecular weight is 446 g/mol. The Morgan fingerprint density at radius 3 is 2.47 bits per heavy atom. The highest BCUT2D eigenvalue weighted by Crippen LogP contribution is 2.25. The third-order valence-corrected chi connectivity index (χ3v) is 6.56. The number of nitrogens with zero attached hydrogens (tertiary/aromatic N) is 1. The van der Waals surface area contributed by atoms with E-state index in [4.69, 9.17) is 0 Å². The van der Waals surface area contributed by atoms with E-state index in [0.717, 1.165) is 40.7 Å². The number of hydrogen-bond donors (Lipinski definition) is 2. The molecule has 2 N–H and O–H groups in total. The van der Waals surface area contributed by atoms with Crippen molar-refractivity contribution in [1.82, 2.24) is 4.31 Å². The second-order valence-corrected chi connectivity index (χ2v) is 8.72. The Kier molecular flexibility index (Phi) is 6.44. The van der Waals surface area contributed by atoms with E-state index in [2.05, 4.69) is 5.32 Å². The van der Waals surface area contributed by atoms with Crippen LogP contribution in [0.2, 0.25) is 0 Å². The van der Waals surface area contributed by atoms with Gasteiger partial charge in [0.05, 0.1) is 6.10 Å². The zero-order valence-electron chi connectivity index (χ0n) is 15.5. The molecule has 1 saturated heterocycles. The second kappa shape index (κ2) is 8.70. The Bertz CT molecular complexity index is 1060. The lowest BCUT2D eigenvalue weighted by molar-refractivity contribution is 0.0710. The van der Waals surface area contributed by atoms with Crippen LogP contribution in [0.3, 0.4) is 0 Å². The molecule has 2 aromatic rings. The number of aliphatic hydroxyl groups is 1. The predicted octanol–water partition coefficient (Wildman–Crippen LogP) is 2.84. The molecular formula is C19H18F4N2O4S. The summed E-state index contributed by atoms with van der Waals surface area (Å²) in [5.41, 5.74) is -0.337. The summed E-state index contributed by atoms with van der Waals surface area (Å²) in [5.74, 6) is -4.31. The SMILES string of the molecule is O=C(Nc1ccc(F)c(F)c1)c1ccc(F)c(S(=O)(=O)N2CCCC(F)[C@H](O)C2)c1. The molecule has 1 aliphatic heterocycles. The zero-order valence-corrected chi connectivity index (χ0v) is 16.3. The Labute approximate surface area is 170 Å². The summed E-state index contributed by atoms with van der Waals surface area (Å²) in [6.45, 7) is -0.668. The molecule has 2 aromatic carbocycles. The number of sulfonamides is 1. The number of anilines is 1. The molecule has 0 bridgehead atoms. The summed E-state index contributed by atoms with van der Waals surface area (Å²) in [6.07, 6.45) is -3.05. The number of alkyl halides is 1. The standard InChI is InChI=1S/C19H18F4N2O4S/c20-13-6-4-12(9-16(13)23)24-19(27)11-3-5-15(22)18(8-11)30(28,29)25-7-1-2-14(21)17(26)10-25/h3-6,8-9,14,17,26H,1-2,7,10H2,(H,24,27)/t14?,17-/m1/s1. The summed E-state index contributed by atoms with van der Waals surface area (Å²) < 4.78 is 80.8. The van der Waals surface area contributed by atoms with Crippen LogP contribution in [-0.2, 0) is 10.0 Å². The fourth-order valence-electron chi connectivity index (χ4n) is 3.05. The highest BCUT2D eigenvalue weighted by molar-refractivity contribution is 7.89. The number of carbonyl (C=O) groups is 1. The molecule has 3 rings (SSSR count). The molecule has 0 radical (unpaired) electrons. The average Bonchev–Trinajstić information content (AvgIpc) is 2.86. The monoisotopic (exact) mass is 446 g/mol. The molecule has 162 valence electrons. The van der Waals surface area contributed by atoms with Crippen molar-refractivity contribution in [2.45, 2.75) is 30.0 Å². The fourth-order valence-corrected chi connectivity index (χ4v) is 4.63. The molecule has 2 atom stereocenters. The first-order valence-corrected chi connectivity index (χ1v) is 10.4. The van der Waals surface area contributed by atoms with Crippen LogP contribution in [0.15, 0.2) is 41.3 Å². The molecule has 0 saturated carbocycles. The van der Waals surface area contributed by atoms with Gasteiger partial charge in [0.1, 0.15) is 16.9 Å². The lowest BCUT2D eigenvalue weighted by Crippen LogP contribution is -2.39. The molecule has 1 fully saturated rings. The van der Waals surface area contributed by atoms with Crippen LogP contribution < -0.4 is 5.32 Å². The number of carbonyl (C=O) groups excluding carboxylic acids is 1. The van der Waals surface area contributed by atoms with E-state index < -0.39 is 57.1 Å². The molecule has 0 aromatic heterocycles. The van der Waals surface area contributed by atoms with Crippen molar-refractivity contribution in [1.29, 1.82) is 0 Å². The Balaban J connectivity index is 1.88. The minimum absolute atomic E-state index is 0.0354. The van der Waals surface area contributed by atoms with Crippen LogP contribution in [-0.4, -0.2) is 49.1 Å². The number of benzene rings is 2. The predicted molar refractivity (Wildman–Crippen MR) is 99.6 cm³/mol. The first kappa shape index (κ1) is 22.2. The normalized spacial score (nSPS) is 20.6. The van der Waals surface area contributed by atoms with Crippen LogP contribution in [0, 0.1) is 17.5 Å². The molecule has 6 nitrogen and oxygen atoms in total. The van der Waals surface area contributed by atoms with Crippen molar-refractivity contribution >= 4 is 21.6 Å². The van der Waals surface area contributed by atoms with Crippen molar-refractivity contribution in [2.24, 2.45) is 0 Å². The number of β-amino-alcohol motifs (C(OH)–C–C–N with tert-alkyl or cyclic N) is 1. The van der Waals surface area contributed by atoms with Crippen LogP contribution in [0.1, 0.15) is 23.2 Å². The Morgan fingerprint density at radius 1 is 1.07 bits per heavy atom. The summed E-state index contributed by atoms with van der Waals surface area (Å²) in [4.78, 5) is 11.6. The maximum atomic E-state index is 14.3. The highest BCUT2D eigenvalue weighted by atomic mass is 32.2. The molecule has 1 heterocycles. The van der Waals surface area contributed by atoms with Crippen LogP contribution >= 0.6 is 0 Å². The Hall–Kier alpha value is -2.50. The minimum Gasteiger partial charge on any atom is -0.389 e. The van der Waals surface area contributed by atoms with Crippen molar-refractivity contribution in [2.75, 3.05) is 18.4 Å². The van der Waals surface area contributed by atoms with Gasteiger partial charge in [-0.2, -0.15) is 4.31 Å². The summed E-state index contributed by atoms with van der Waals surface area (Å²) in [6, 6.07) is 5.24. The largest absolute Gasteiger partial charge is 0.389 e. The van der Waals surface area contributed by atoms with Gasteiger partial charge in [0.2, 0.25) is 10.0 Å². The highest BCUT2D eigenvalue weighted by Gasteiger charge is 2.34. The lowest BCUT2D eigenvalue weighted by Gasteiger charge is -2.22. The van der Waals surface area contributed by atoms with Crippen molar-refractivity contribution in [3.63, 3.8) is 0 Å². The fraction of sp³-hybridized carbons (Fsp3) is 0.316. The van der Waals surface area contributed by atoms with E-state index in [-0.39, 0.29) is 30.6 Å². The summed E-state index contributed by atoms with van der Waals surface area (Å²) in [5, 5.41) is 12.0. The molecule has 0 aliphatic carbocycles. The van der Waals surface area contributed by atoms with Crippen LogP contribution in [0.4, 0.5) is 23.2 Å². The summed E-state index contributed by atoms with van der Waals surface area (Å²) in [7, 11) is -4.47. The number of rotatable bonds is 4. The smallest absolute Gasteiger partial charge is 0.255 e. The Morgan fingerprint density at radius 2 is 1.77 bits per heavy atom. The van der Waals surface area contributed by atoms with Gasteiger partial charge in [-0.05, 0) is 43.2 Å². The van der Waals surface area contributed by atoms with Gasteiger partial charge in [-0.3, -0.25) is 4.79 Å². The van der Waals surface area contributed by atoms with E-state index in [0.29, 0.717) is 0 Å². The van der Waals surface area contributed by atoms with Gasteiger partial charge in [-0.1, -0.05) is 0 Å². The van der Waals surface area contributed by atoms with Gasteiger partial charge < -0.3 is 10.4 Å².